The standard InChI is InChI=1S/C19H17BrO/c1-21-19-8-4-7-17(13-20)18(19)12-14-9-10-15-5-2-3-6-16(15)11-14/h2-11H,12-13H2,1H3. The zero-order chi connectivity index (χ0) is 14.7. The highest BCUT2D eigenvalue weighted by Crippen LogP contribution is 2.28. The fourth-order valence-electron chi connectivity index (χ4n) is 2.68. The molecule has 0 saturated heterocycles. The van der Waals surface area contributed by atoms with Crippen LogP contribution in [0.1, 0.15) is 16.7 Å². The first-order valence-electron chi connectivity index (χ1n) is 7.00. The van der Waals surface area contributed by atoms with Crippen LogP contribution in [-0.4, -0.2) is 7.11 Å². The number of ether oxygens (including phenoxy) is 1. The molecule has 0 aliphatic heterocycles. The molecule has 3 aromatic carbocycles. The molecule has 0 amide bonds. The van der Waals surface area contributed by atoms with Crippen LogP contribution in [0.4, 0.5) is 0 Å². The van der Waals surface area contributed by atoms with Crippen LogP contribution in [0.3, 0.4) is 0 Å². The van der Waals surface area contributed by atoms with Gasteiger partial charge in [-0.3, -0.25) is 0 Å². The summed E-state index contributed by atoms with van der Waals surface area (Å²) in [5.41, 5.74) is 3.84. The Labute approximate surface area is 133 Å². The highest BCUT2D eigenvalue weighted by atomic mass is 79.9. The quantitative estimate of drug-likeness (QED) is 0.583. The van der Waals surface area contributed by atoms with Crippen LogP contribution >= 0.6 is 15.9 Å². The summed E-state index contributed by atoms with van der Waals surface area (Å²) in [7, 11) is 1.73. The highest BCUT2D eigenvalue weighted by molar-refractivity contribution is 9.08. The van der Waals surface area contributed by atoms with Crippen molar-refractivity contribution >= 4 is 26.7 Å². The van der Waals surface area contributed by atoms with Gasteiger partial charge in [-0.15, -0.1) is 0 Å². The summed E-state index contributed by atoms with van der Waals surface area (Å²) in [6, 6.07) is 21.3. The number of hydrogen-bond acceptors (Lipinski definition) is 1. The van der Waals surface area contributed by atoms with E-state index in [4.69, 9.17) is 4.74 Å². The second-order valence-corrected chi connectivity index (χ2v) is 5.65. The van der Waals surface area contributed by atoms with Crippen molar-refractivity contribution in [1.29, 1.82) is 0 Å². The molecule has 106 valence electrons. The molecule has 0 heterocycles. The molecule has 2 heteroatoms. The summed E-state index contributed by atoms with van der Waals surface area (Å²) in [6.45, 7) is 0. The minimum atomic E-state index is 0.840. The minimum absolute atomic E-state index is 0.840. The molecule has 3 aromatic rings. The molecule has 3 rings (SSSR count). The maximum Gasteiger partial charge on any atom is 0.122 e. The Morgan fingerprint density at radius 2 is 1.71 bits per heavy atom. The van der Waals surface area contributed by atoms with E-state index in [0.717, 1.165) is 17.5 Å². The van der Waals surface area contributed by atoms with Crippen LogP contribution in [0.15, 0.2) is 60.7 Å². The largest absolute Gasteiger partial charge is 0.496 e. The van der Waals surface area contributed by atoms with Crippen LogP contribution in [0.2, 0.25) is 0 Å². The Hall–Kier alpha value is -1.80. The van der Waals surface area contributed by atoms with E-state index in [1.54, 1.807) is 7.11 Å². The van der Waals surface area contributed by atoms with Gasteiger partial charge >= 0.3 is 0 Å². The summed E-state index contributed by atoms with van der Waals surface area (Å²) in [4.78, 5) is 0. The van der Waals surface area contributed by atoms with Gasteiger partial charge in [0.1, 0.15) is 5.75 Å². The van der Waals surface area contributed by atoms with E-state index in [1.807, 2.05) is 12.1 Å². The summed E-state index contributed by atoms with van der Waals surface area (Å²) >= 11 is 3.57. The average Bonchev–Trinajstić information content (AvgIpc) is 2.55. The third-order valence-corrected chi connectivity index (χ3v) is 4.39. The minimum Gasteiger partial charge on any atom is -0.496 e. The predicted molar refractivity (Wildman–Crippen MR) is 92.4 cm³/mol. The third-order valence-electron chi connectivity index (χ3n) is 3.79. The number of methoxy groups -OCH3 is 1. The van der Waals surface area contributed by atoms with Crippen LogP contribution in [0.5, 0.6) is 5.75 Å². The number of hydrogen-bond donors (Lipinski definition) is 0. The van der Waals surface area contributed by atoms with Crippen molar-refractivity contribution in [2.24, 2.45) is 0 Å². The van der Waals surface area contributed by atoms with E-state index in [9.17, 15) is 0 Å². The monoisotopic (exact) mass is 340 g/mol. The van der Waals surface area contributed by atoms with E-state index in [1.165, 1.54) is 27.5 Å². The fraction of sp³-hybridized carbons (Fsp3) is 0.158. The van der Waals surface area contributed by atoms with Crippen LogP contribution in [0, 0.1) is 0 Å². The lowest BCUT2D eigenvalue weighted by Gasteiger charge is -2.13. The lowest BCUT2D eigenvalue weighted by Crippen LogP contribution is -1.98. The molecule has 0 atom stereocenters. The molecule has 0 saturated carbocycles. The number of fused-ring (bicyclic) bond motifs is 1. The van der Waals surface area contributed by atoms with Crippen LogP contribution in [-0.2, 0) is 11.8 Å². The van der Waals surface area contributed by atoms with E-state index in [0.29, 0.717) is 0 Å². The van der Waals surface area contributed by atoms with E-state index in [-0.39, 0.29) is 0 Å². The van der Waals surface area contributed by atoms with E-state index in [2.05, 4.69) is 64.5 Å². The molecule has 0 radical (unpaired) electrons. The smallest absolute Gasteiger partial charge is 0.122 e. The predicted octanol–water partition coefficient (Wildman–Crippen LogP) is 5.33. The lowest BCUT2D eigenvalue weighted by molar-refractivity contribution is 0.410. The second kappa shape index (κ2) is 6.31. The molecule has 0 unspecified atom stereocenters. The SMILES string of the molecule is COc1cccc(CBr)c1Cc1ccc2ccccc2c1. The van der Waals surface area contributed by atoms with Crippen molar-refractivity contribution in [3.63, 3.8) is 0 Å². The van der Waals surface area contributed by atoms with Crippen molar-refractivity contribution in [2.45, 2.75) is 11.8 Å². The third kappa shape index (κ3) is 2.96. The Kier molecular flexibility index (Phi) is 4.26. The normalized spacial score (nSPS) is 10.8. The average molecular weight is 341 g/mol. The van der Waals surface area contributed by atoms with Gasteiger partial charge in [-0.2, -0.15) is 0 Å². The van der Waals surface area contributed by atoms with E-state index < -0.39 is 0 Å². The summed E-state index contributed by atoms with van der Waals surface area (Å²) < 4.78 is 5.53. The van der Waals surface area contributed by atoms with Crippen LogP contribution < -0.4 is 4.74 Å². The number of halogens is 1. The van der Waals surface area contributed by atoms with Gasteiger partial charge < -0.3 is 4.74 Å². The van der Waals surface area contributed by atoms with Gasteiger partial charge in [0.2, 0.25) is 0 Å². The Balaban J connectivity index is 2.02. The highest BCUT2D eigenvalue weighted by Gasteiger charge is 2.09. The van der Waals surface area contributed by atoms with Crippen molar-refractivity contribution in [1.82, 2.24) is 0 Å². The van der Waals surface area contributed by atoms with Gasteiger partial charge in [0.25, 0.3) is 0 Å². The number of benzene rings is 3. The molecular weight excluding hydrogens is 324 g/mol. The summed E-state index contributed by atoms with van der Waals surface area (Å²) in [5.74, 6) is 0.958. The van der Waals surface area contributed by atoms with Gasteiger partial charge in [-0.25, -0.2) is 0 Å². The van der Waals surface area contributed by atoms with Crippen molar-refractivity contribution in [3.8, 4) is 5.75 Å². The van der Waals surface area contributed by atoms with Crippen molar-refractivity contribution in [2.75, 3.05) is 7.11 Å². The first kappa shape index (κ1) is 14.2. The zero-order valence-corrected chi connectivity index (χ0v) is 13.6. The van der Waals surface area contributed by atoms with Gasteiger partial charge in [-0.05, 0) is 28.0 Å². The summed E-state index contributed by atoms with van der Waals surface area (Å²) in [5, 5.41) is 3.40. The molecule has 1 nitrogen and oxygen atoms in total. The van der Waals surface area contributed by atoms with Crippen LogP contribution in [0.25, 0.3) is 10.8 Å². The second-order valence-electron chi connectivity index (χ2n) is 5.09. The molecule has 0 spiro atoms. The van der Waals surface area contributed by atoms with Gasteiger partial charge in [-0.1, -0.05) is 70.5 Å². The maximum atomic E-state index is 5.53. The molecule has 0 aliphatic carbocycles. The number of alkyl halides is 1. The molecule has 0 aliphatic rings. The van der Waals surface area contributed by atoms with Crippen molar-refractivity contribution in [3.05, 3.63) is 77.4 Å². The van der Waals surface area contributed by atoms with Gasteiger partial charge in [0.15, 0.2) is 0 Å². The first-order valence-corrected chi connectivity index (χ1v) is 8.12. The summed E-state index contributed by atoms with van der Waals surface area (Å²) in [6.07, 6.45) is 0.885. The molecule has 0 aromatic heterocycles. The van der Waals surface area contributed by atoms with Crippen molar-refractivity contribution < 1.29 is 4.74 Å². The number of rotatable bonds is 4. The zero-order valence-electron chi connectivity index (χ0n) is 12.0. The molecule has 0 N–H and O–H groups in total. The Morgan fingerprint density at radius 3 is 2.48 bits per heavy atom. The Bertz CT molecular complexity index is 742. The fourth-order valence-corrected chi connectivity index (χ4v) is 3.21. The Morgan fingerprint density at radius 1 is 0.905 bits per heavy atom. The molecule has 0 bridgehead atoms. The topological polar surface area (TPSA) is 9.23 Å². The lowest BCUT2D eigenvalue weighted by atomic mass is 9.97. The van der Waals surface area contributed by atoms with Gasteiger partial charge in [0, 0.05) is 17.3 Å². The first-order chi connectivity index (χ1) is 10.3. The molecular formula is C19H17BrO. The molecule has 0 fully saturated rings. The maximum absolute atomic E-state index is 5.53. The molecule has 21 heavy (non-hydrogen) atoms. The van der Waals surface area contributed by atoms with Gasteiger partial charge in [0.05, 0.1) is 7.11 Å². The van der Waals surface area contributed by atoms with E-state index >= 15 is 0 Å².